The number of unbranched alkanes of at least 4 members (excludes halogenated alkanes) is 10. The molecule has 0 heterocycles. The third kappa shape index (κ3) is 16.2. The van der Waals surface area contributed by atoms with E-state index in [9.17, 15) is 19.5 Å². The van der Waals surface area contributed by atoms with Gasteiger partial charge in [-0.15, -0.1) is 0 Å². The Labute approximate surface area is 181 Å². The van der Waals surface area contributed by atoms with Crippen molar-refractivity contribution in [1.82, 2.24) is 5.32 Å². The van der Waals surface area contributed by atoms with E-state index in [0.717, 1.165) is 19.3 Å². The molecule has 0 aromatic heterocycles. The van der Waals surface area contributed by atoms with Crippen LogP contribution < -0.4 is 5.32 Å². The molecule has 0 unspecified atom stereocenters. The Morgan fingerprint density at radius 3 is 1.63 bits per heavy atom. The molecule has 0 aliphatic carbocycles. The van der Waals surface area contributed by atoms with Crippen molar-refractivity contribution in [3.63, 3.8) is 0 Å². The van der Waals surface area contributed by atoms with Crippen LogP contribution in [0, 0.1) is 0 Å². The minimum atomic E-state index is -1.13. The molecular formula is C22H43N2O6+. The zero-order chi connectivity index (χ0) is 22.7. The standard InChI is InChI=1S/C22H42N2O6/c1-2-3-4-5-6-7-8-9-10-11-12-13-20(26)23-14-15-24(16-17-25,18-21(27)28)19-22(29)30/h25H,2-19H2,1H3,(H2-,23,26,27,28,29,30)/p+1. The predicted molar refractivity (Wildman–Crippen MR) is 116 cm³/mol. The number of carbonyl (C=O) groups excluding carboxylic acids is 1. The minimum Gasteiger partial charge on any atom is -0.477 e. The van der Waals surface area contributed by atoms with Crippen LogP contribution in [-0.4, -0.2) is 77.0 Å². The summed E-state index contributed by atoms with van der Waals surface area (Å²) in [5.41, 5.74) is 0. The van der Waals surface area contributed by atoms with Crippen LogP contribution in [0.15, 0.2) is 0 Å². The lowest BCUT2D eigenvalue weighted by molar-refractivity contribution is -0.913. The van der Waals surface area contributed by atoms with Gasteiger partial charge in [-0.05, 0) is 6.42 Å². The third-order valence-corrected chi connectivity index (χ3v) is 5.43. The van der Waals surface area contributed by atoms with Crippen molar-refractivity contribution < 1.29 is 34.2 Å². The number of hydrogen-bond donors (Lipinski definition) is 4. The maximum Gasteiger partial charge on any atom is 0.359 e. The normalized spacial score (nSPS) is 11.4. The van der Waals surface area contributed by atoms with Crippen LogP contribution in [0.4, 0.5) is 0 Å². The maximum atomic E-state index is 12.0. The van der Waals surface area contributed by atoms with Crippen LogP contribution in [0.2, 0.25) is 0 Å². The first kappa shape index (κ1) is 28.3. The summed E-state index contributed by atoms with van der Waals surface area (Å²) in [4.78, 5) is 34.2. The highest BCUT2D eigenvalue weighted by Crippen LogP contribution is 2.12. The predicted octanol–water partition coefficient (Wildman–Crippen LogP) is 2.78. The lowest BCUT2D eigenvalue weighted by atomic mass is 10.1. The molecule has 8 heteroatoms. The van der Waals surface area contributed by atoms with Crippen molar-refractivity contribution in [2.24, 2.45) is 0 Å². The van der Waals surface area contributed by atoms with Crippen molar-refractivity contribution in [3.05, 3.63) is 0 Å². The summed E-state index contributed by atoms with van der Waals surface area (Å²) in [5.74, 6) is -2.35. The number of rotatable bonds is 21. The molecule has 4 N–H and O–H groups in total. The van der Waals surface area contributed by atoms with Gasteiger partial charge in [0.2, 0.25) is 5.91 Å². The number of aliphatic carboxylic acids is 2. The number of carboxylic acid groups (broad SMARTS) is 2. The van der Waals surface area contributed by atoms with Crippen LogP contribution in [0.3, 0.4) is 0 Å². The molecule has 0 aromatic rings. The van der Waals surface area contributed by atoms with Gasteiger partial charge >= 0.3 is 11.9 Å². The third-order valence-electron chi connectivity index (χ3n) is 5.43. The Kier molecular flexibility index (Phi) is 17.1. The molecule has 176 valence electrons. The van der Waals surface area contributed by atoms with Gasteiger partial charge in [-0.2, -0.15) is 0 Å². The van der Waals surface area contributed by atoms with Gasteiger partial charge in [0, 0.05) is 6.42 Å². The number of aliphatic hydroxyl groups is 1. The van der Waals surface area contributed by atoms with Crippen molar-refractivity contribution in [3.8, 4) is 0 Å². The maximum absolute atomic E-state index is 12.0. The van der Waals surface area contributed by atoms with Crippen LogP contribution >= 0.6 is 0 Å². The number of hydrogen-bond acceptors (Lipinski definition) is 4. The van der Waals surface area contributed by atoms with Crippen LogP contribution in [0.1, 0.15) is 84.0 Å². The topological polar surface area (TPSA) is 124 Å². The van der Waals surface area contributed by atoms with E-state index in [-0.39, 0.29) is 36.6 Å². The molecule has 0 radical (unpaired) electrons. The zero-order valence-corrected chi connectivity index (χ0v) is 18.7. The number of carboxylic acids is 2. The fraction of sp³-hybridized carbons (Fsp3) is 0.864. The molecular weight excluding hydrogens is 388 g/mol. The van der Waals surface area contributed by atoms with E-state index in [1.165, 1.54) is 51.4 Å². The van der Waals surface area contributed by atoms with Crippen LogP contribution in [-0.2, 0) is 14.4 Å². The van der Waals surface area contributed by atoms with Crippen molar-refractivity contribution in [1.29, 1.82) is 0 Å². The van der Waals surface area contributed by atoms with E-state index in [0.29, 0.717) is 6.42 Å². The lowest BCUT2D eigenvalue weighted by Gasteiger charge is -2.35. The molecule has 1 amide bonds. The zero-order valence-electron chi connectivity index (χ0n) is 18.7. The van der Waals surface area contributed by atoms with Gasteiger partial charge in [-0.1, -0.05) is 71.1 Å². The highest BCUT2D eigenvalue weighted by atomic mass is 16.4. The fourth-order valence-electron chi connectivity index (χ4n) is 3.74. The lowest BCUT2D eigenvalue weighted by Crippen LogP contribution is -2.58. The molecule has 0 spiro atoms. The average molecular weight is 432 g/mol. The summed E-state index contributed by atoms with van der Waals surface area (Å²) in [7, 11) is 0. The number of nitrogens with one attached hydrogen (secondary N) is 1. The Bertz CT molecular complexity index is 468. The summed E-state index contributed by atoms with van der Waals surface area (Å²) >= 11 is 0. The summed E-state index contributed by atoms with van der Waals surface area (Å²) in [5, 5.41) is 30.1. The van der Waals surface area contributed by atoms with Gasteiger partial charge in [-0.3, -0.25) is 4.79 Å². The second-order valence-electron chi connectivity index (χ2n) is 8.25. The molecule has 0 aliphatic heterocycles. The Balaban J connectivity index is 3.94. The molecule has 0 bridgehead atoms. The summed E-state index contributed by atoms with van der Waals surface area (Å²) < 4.78 is -0.292. The Morgan fingerprint density at radius 2 is 1.20 bits per heavy atom. The number of aliphatic hydroxyl groups excluding tert-OH is 1. The SMILES string of the molecule is CCCCCCCCCCCCCC(=O)NCC[N+](CCO)(CC(=O)O)CC(=O)O. The second-order valence-corrected chi connectivity index (χ2v) is 8.25. The Hall–Kier alpha value is -1.67. The number of carbonyl (C=O) groups is 3. The van der Waals surface area contributed by atoms with Gasteiger partial charge in [-0.25, -0.2) is 9.59 Å². The molecule has 0 saturated carbocycles. The number of quaternary nitrogens is 1. The largest absolute Gasteiger partial charge is 0.477 e. The number of amides is 1. The number of nitrogens with zero attached hydrogens (tertiary/aromatic N) is 1. The molecule has 0 saturated heterocycles. The molecule has 0 fully saturated rings. The van der Waals surface area contributed by atoms with Crippen LogP contribution in [0.25, 0.3) is 0 Å². The second kappa shape index (κ2) is 18.1. The van der Waals surface area contributed by atoms with Gasteiger partial charge in [0.1, 0.15) is 6.54 Å². The first-order valence-corrected chi connectivity index (χ1v) is 11.5. The van der Waals surface area contributed by atoms with E-state index < -0.39 is 25.0 Å². The van der Waals surface area contributed by atoms with Crippen molar-refractivity contribution in [2.75, 3.05) is 39.3 Å². The van der Waals surface area contributed by atoms with Gasteiger partial charge < -0.3 is 25.1 Å². The van der Waals surface area contributed by atoms with Crippen molar-refractivity contribution in [2.45, 2.75) is 84.0 Å². The van der Waals surface area contributed by atoms with E-state index >= 15 is 0 Å². The Morgan fingerprint density at radius 1 is 0.733 bits per heavy atom. The van der Waals surface area contributed by atoms with Gasteiger partial charge in [0.05, 0.1) is 19.7 Å². The molecule has 0 rings (SSSR count). The fourth-order valence-corrected chi connectivity index (χ4v) is 3.74. The molecule has 0 aromatic carbocycles. The van der Waals surface area contributed by atoms with Crippen molar-refractivity contribution >= 4 is 17.8 Å². The van der Waals surface area contributed by atoms with E-state index in [1.54, 1.807) is 0 Å². The molecule has 30 heavy (non-hydrogen) atoms. The van der Waals surface area contributed by atoms with E-state index in [4.69, 9.17) is 10.2 Å². The summed E-state index contributed by atoms with van der Waals surface area (Å²) in [6.07, 6.45) is 13.8. The van der Waals surface area contributed by atoms with Gasteiger partial charge in [0.15, 0.2) is 13.1 Å². The van der Waals surface area contributed by atoms with Gasteiger partial charge in [0.25, 0.3) is 0 Å². The van der Waals surface area contributed by atoms with E-state index in [2.05, 4.69) is 12.2 Å². The van der Waals surface area contributed by atoms with E-state index in [1.807, 2.05) is 0 Å². The monoisotopic (exact) mass is 431 g/mol. The highest BCUT2D eigenvalue weighted by molar-refractivity contribution is 5.75. The summed E-state index contributed by atoms with van der Waals surface area (Å²) in [6.45, 7) is 1.48. The molecule has 0 atom stereocenters. The first-order valence-electron chi connectivity index (χ1n) is 11.5. The quantitative estimate of drug-likeness (QED) is 0.164. The molecule has 0 aliphatic rings. The minimum absolute atomic E-state index is 0.0209. The highest BCUT2D eigenvalue weighted by Gasteiger charge is 2.32. The average Bonchev–Trinajstić information content (AvgIpc) is 2.65. The van der Waals surface area contributed by atoms with Crippen LogP contribution in [0.5, 0.6) is 0 Å². The smallest absolute Gasteiger partial charge is 0.359 e. The molecule has 8 nitrogen and oxygen atoms in total. The first-order chi connectivity index (χ1) is 14.3. The summed E-state index contributed by atoms with van der Waals surface area (Å²) in [6, 6.07) is 0.